The number of rotatable bonds is 10. The average molecular weight is 489 g/mol. The SMILES string of the molecule is CCCOC(C)Cc1ccc(C(=O)Nc2ccc(Oc3ccccc3OC(F)(F)F)cc2)c(C)n1. The van der Waals surface area contributed by atoms with Crippen LogP contribution >= 0.6 is 0 Å². The summed E-state index contributed by atoms with van der Waals surface area (Å²) in [7, 11) is 0. The third-order valence-electron chi connectivity index (χ3n) is 4.91. The Morgan fingerprint density at radius 3 is 2.34 bits per heavy atom. The molecule has 9 heteroatoms. The quantitative estimate of drug-likeness (QED) is 0.344. The fraction of sp³-hybridized carbons (Fsp3) is 0.308. The molecule has 1 aromatic heterocycles. The van der Waals surface area contributed by atoms with Crippen molar-refractivity contribution in [1.82, 2.24) is 4.98 Å². The molecule has 0 aliphatic heterocycles. The maximum absolute atomic E-state index is 12.7. The zero-order valence-electron chi connectivity index (χ0n) is 19.7. The molecular weight excluding hydrogens is 461 g/mol. The Labute approximate surface area is 202 Å². The van der Waals surface area contributed by atoms with E-state index in [1.54, 1.807) is 25.1 Å². The first-order valence-electron chi connectivity index (χ1n) is 11.2. The molecule has 0 radical (unpaired) electrons. The number of aromatic nitrogens is 1. The Bertz CT molecular complexity index is 1130. The first-order valence-corrected chi connectivity index (χ1v) is 11.2. The van der Waals surface area contributed by atoms with Crippen molar-refractivity contribution in [2.45, 2.75) is 46.1 Å². The highest BCUT2D eigenvalue weighted by atomic mass is 19.4. The number of ether oxygens (including phenoxy) is 3. The number of alkyl halides is 3. The lowest BCUT2D eigenvalue weighted by Crippen LogP contribution is -2.17. The van der Waals surface area contributed by atoms with E-state index < -0.39 is 12.1 Å². The van der Waals surface area contributed by atoms with Gasteiger partial charge in [-0.2, -0.15) is 0 Å². The van der Waals surface area contributed by atoms with Crippen LogP contribution in [0.4, 0.5) is 18.9 Å². The van der Waals surface area contributed by atoms with Gasteiger partial charge in [0.05, 0.1) is 17.4 Å². The van der Waals surface area contributed by atoms with Crippen molar-refractivity contribution < 1.29 is 32.2 Å². The van der Waals surface area contributed by atoms with Crippen LogP contribution in [0, 0.1) is 6.92 Å². The monoisotopic (exact) mass is 488 g/mol. The Kier molecular flexibility index (Phi) is 8.70. The van der Waals surface area contributed by atoms with Crippen molar-refractivity contribution in [1.29, 1.82) is 0 Å². The van der Waals surface area contributed by atoms with E-state index in [2.05, 4.69) is 22.0 Å². The van der Waals surface area contributed by atoms with Crippen molar-refractivity contribution in [2.24, 2.45) is 0 Å². The standard InChI is InChI=1S/C26H27F3N2O4/c1-4-15-33-17(2)16-20-11-14-22(18(3)30-20)25(32)31-19-9-12-21(13-10-19)34-23-7-5-6-8-24(23)35-26(27,28)29/h5-14,17H,4,15-16H2,1-3H3,(H,31,32). The highest BCUT2D eigenvalue weighted by molar-refractivity contribution is 6.05. The molecule has 0 aliphatic rings. The molecule has 3 rings (SSSR count). The summed E-state index contributed by atoms with van der Waals surface area (Å²) in [5.41, 5.74) is 2.38. The van der Waals surface area contributed by atoms with Gasteiger partial charge in [-0.1, -0.05) is 19.1 Å². The third kappa shape index (κ3) is 7.99. The second kappa shape index (κ2) is 11.7. The van der Waals surface area contributed by atoms with E-state index in [0.29, 0.717) is 30.0 Å². The molecule has 186 valence electrons. The second-order valence-electron chi connectivity index (χ2n) is 7.90. The smallest absolute Gasteiger partial charge is 0.453 e. The number of para-hydroxylation sites is 2. The molecule has 0 bridgehead atoms. The topological polar surface area (TPSA) is 69.7 Å². The number of carbonyl (C=O) groups is 1. The third-order valence-corrected chi connectivity index (χ3v) is 4.91. The van der Waals surface area contributed by atoms with Crippen LogP contribution in [0.2, 0.25) is 0 Å². The number of anilines is 1. The molecule has 6 nitrogen and oxygen atoms in total. The van der Waals surface area contributed by atoms with Crippen molar-refractivity contribution in [3.05, 3.63) is 77.6 Å². The van der Waals surface area contributed by atoms with E-state index in [0.717, 1.165) is 18.2 Å². The average Bonchev–Trinajstić information content (AvgIpc) is 2.79. The Morgan fingerprint density at radius 2 is 1.71 bits per heavy atom. The highest BCUT2D eigenvalue weighted by Gasteiger charge is 2.32. The first-order chi connectivity index (χ1) is 16.6. The minimum Gasteiger partial charge on any atom is -0.453 e. The van der Waals surface area contributed by atoms with Gasteiger partial charge in [-0.15, -0.1) is 13.2 Å². The fourth-order valence-corrected chi connectivity index (χ4v) is 3.31. The summed E-state index contributed by atoms with van der Waals surface area (Å²) in [4.78, 5) is 17.3. The van der Waals surface area contributed by atoms with Crippen molar-refractivity contribution in [3.8, 4) is 17.2 Å². The van der Waals surface area contributed by atoms with E-state index in [1.807, 2.05) is 13.0 Å². The van der Waals surface area contributed by atoms with Gasteiger partial charge in [-0.3, -0.25) is 9.78 Å². The zero-order chi connectivity index (χ0) is 25.4. The van der Waals surface area contributed by atoms with Crippen LogP contribution in [-0.4, -0.2) is 30.0 Å². The maximum atomic E-state index is 12.7. The number of halogens is 3. The van der Waals surface area contributed by atoms with Crippen LogP contribution < -0.4 is 14.8 Å². The van der Waals surface area contributed by atoms with Gasteiger partial charge in [0.1, 0.15) is 5.75 Å². The molecule has 1 N–H and O–H groups in total. The van der Waals surface area contributed by atoms with Crippen LogP contribution in [0.3, 0.4) is 0 Å². The summed E-state index contributed by atoms with van der Waals surface area (Å²) in [5, 5.41) is 2.79. The van der Waals surface area contributed by atoms with Gasteiger partial charge < -0.3 is 19.5 Å². The fourth-order valence-electron chi connectivity index (χ4n) is 3.31. The molecule has 1 amide bonds. The van der Waals surface area contributed by atoms with Crippen LogP contribution in [0.25, 0.3) is 0 Å². The van der Waals surface area contributed by atoms with Crippen LogP contribution in [0.15, 0.2) is 60.7 Å². The molecule has 35 heavy (non-hydrogen) atoms. The van der Waals surface area contributed by atoms with E-state index >= 15 is 0 Å². The molecule has 3 aromatic rings. The molecular formula is C26H27F3N2O4. The van der Waals surface area contributed by atoms with E-state index in [4.69, 9.17) is 9.47 Å². The summed E-state index contributed by atoms with van der Waals surface area (Å²) in [6, 6.07) is 15.3. The van der Waals surface area contributed by atoms with Gasteiger partial charge in [-0.25, -0.2) is 0 Å². The van der Waals surface area contributed by atoms with Gasteiger partial charge in [0.2, 0.25) is 0 Å². The zero-order valence-corrected chi connectivity index (χ0v) is 19.7. The molecule has 1 atom stereocenters. The minimum atomic E-state index is -4.83. The summed E-state index contributed by atoms with van der Waals surface area (Å²) in [5.74, 6) is -0.579. The Balaban J connectivity index is 1.63. The predicted octanol–water partition coefficient (Wildman–Crippen LogP) is 6.69. The number of benzene rings is 2. The maximum Gasteiger partial charge on any atom is 0.573 e. The molecule has 0 aliphatic carbocycles. The predicted molar refractivity (Wildman–Crippen MR) is 126 cm³/mol. The van der Waals surface area contributed by atoms with Crippen LogP contribution in [-0.2, 0) is 11.2 Å². The van der Waals surface area contributed by atoms with E-state index in [1.165, 1.54) is 30.3 Å². The molecule has 1 unspecified atom stereocenters. The number of carbonyl (C=O) groups excluding carboxylic acids is 1. The largest absolute Gasteiger partial charge is 0.573 e. The van der Waals surface area contributed by atoms with Gasteiger partial charge in [-0.05, 0) is 68.8 Å². The number of hydrogen-bond acceptors (Lipinski definition) is 5. The number of pyridine rings is 1. The summed E-state index contributed by atoms with van der Waals surface area (Å²) < 4.78 is 53.0. The number of nitrogens with one attached hydrogen (secondary N) is 1. The number of hydrogen-bond donors (Lipinski definition) is 1. The first kappa shape index (κ1) is 26.0. The number of aryl methyl sites for hydroxylation is 1. The van der Waals surface area contributed by atoms with Gasteiger partial charge in [0, 0.05) is 24.4 Å². The molecule has 0 fully saturated rings. The molecule has 0 spiro atoms. The lowest BCUT2D eigenvalue weighted by atomic mass is 10.1. The Hall–Kier alpha value is -3.59. The number of nitrogens with zero attached hydrogens (tertiary/aromatic N) is 1. The summed E-state index contributed by atoms with van der Waals surface area (Å²) in [6.45, 7) is 6.50. The van der Waals surface area contributed by atoms with Gasteiger partial charge >= 0.3 is 6.36 Å². The van der Waals surface area contributed by atoms with Crippen molar-refractivity contribution in [3.63, 3.8) is 0 Å². The molecule has 2 aromatic carbocycles. The second-order valence-corrected chi connectivity index (χ2v) is 7.90. The van der Waals surface area contributed by atoms with Gasteiger partial charge in [0.15, 0.2) is 11.5 Å². The van der Waals surface area contributed by atoms with E-state index in [-0.39, 0.29) is 23.5 Å². The normalized spacial score (nSPS) is 12.2. The van der Waals surface area contributed by atoms with Gasteiger partial charge in [0.25, 0.3) is 5.91 Å². The van der Waals surface area contributed by atoms with Crippen molar-refractivity contribution in [2.75, 3.05) is 11.9 Å². The van der Waals surface area contributed by atoms with Crippen molar-refractivity contribution >= 4 is 11.6 Å². The van der Waals surface area contributed by atoms with Crippen LogP contribution in [0.5, 0.6) is 17.2 Å². The molecule has 0 saturated heterocycles. The molecule has 1 heterocycles. The number of amides is 1. The Morgan fingerprint density at radius 1 is 1.03 bits per heavy atom. The lowest BCUT2D eigenvalue weighted by molar-refractivity contribution is -0.275. The summed E-state index contributed by atoms with van der Waals surface area (Å²) >= 11 is 0. The van der Waals surface area contributed by atoms with E-state index in [9.17, 15) is 18.0 Å². The lowest BCUT2D eigenvalue weighted by Gasteiger charge is -2.14. The minimum absolute atomic E-state index is 0.0363. The molecule has 0 saturated carbocycles. The van der Waals surface area contributed by atoms with Crippen LogP contribution in [0.1, 0.15) is 42.0 Å². The highest BCUT2D eigenvalue weighted by Crippen LogP contribution is 2.35. The summed E-state index contributed by atoms with van der Waals surface area (Å²) in [6.07, 6.45) is -3.20.